The molecule has 4 heterocycles. The molecule has 3 N–H and O–H groups in total. The van der Waals surface area contributed by atoms with Crippen LogP contribution in [0.25, 0.3) is 0 Å². The minimum absolute atomic E-state index is 0.0774. The van der Waals surface area contributed by atoms with Gasteiger partial charge >= 0.3 is 5.97 Å². The van der Waals surface area contributed by atoms with E-state index in [2.05, 4.69) is 13.8 Å². The van der Waals surface area contributed by atoms with Gasteiger partial charge in [0.15, 0.2) is 5.79 Å². The van der Waals surface area contributed by atoms with Gasteiger partial charge in [0, 0.05) is 25.2 Å². The highest BCUT2D eigenvalue weighted by molar-refractivity contribution is 5.78. The largest absolute Gasteiger partial charge is 0.462 e. The summed E-state index contributed by atoms with van der Waals surface area (Å²) in [5.74, 6) is -2.19. The molecule has 3 saturated heterocycles. The third-order valence-corrected chi connectivity index (χ3v) is 10.2. The van der Waals surface area contributed by atoms with Crippen molar-refractivity contribution in [3.63, 3.8) is 0 Å². The number of aliphatic hydroxyl groups is 3. The van der Waals surface area contributed by atoms with E-state index >= 15 is 0 Å². The van der Waals surface area contributed by atoms with E-state index in [1.54, 1.807) is 25.2 Å². The molecule has 5 aliphatic rings. The van der Waals surface area contributed by atoms with Gasteiger partial charge in [0.25, 0.3) is 0 Å². The molecule has 0 saturated carbocycles. The lowest BCUT2D eigenvalue weighted by Gasteiger charge is -2.50. The SMILES string of the molecule is CCCC[C@H]1O[C@]2(CC[C@@H]1C)C[C@@H]1C[C@@H](C/C=C(\C)[C@H](O)[C@@H](C)/C=C/C=C3\CO[C@@H]4[C@H](O)C(C)=C[C@@H](C(=O)O1)[C@]34O)O2. The molecule has 0 aromatic heterocycles. The maximum atomic E-state index is 14.0. The maximum Gasteiger partial charge on any atom is 0.316 e. The molecule has 5 rings (SSSR count). The number of carbonyl (C=O) groups excluding carboxylic acids is 1. The molecule has 1 spiro atoms. The molecule has 234 valence electrons. The third-order valence-electron chi connectivity index (χ3n) is 10.2. The molecule has 11 atom stereocenters. The van der Waals surface area contributed by atoms with Crippen LogP contribution in [0.4, 0.5) is 0 Å². The molecule has 4 aliphatic heterocycles. The average Bonchev–Trinajstić information content (AvgIpc) is 3.30. The molecular weight excluding hydrogens is 536 g/mol. The Bertz CT molecular complexity index is 1120. The fourth-order valence-electron chi connectivity index (χ4n) is 7.44. The van der Waals surface area contributed by atoms with E-state index in [4.69, 9.17) is 18.9 Å². The van der Waals surface area contributed by atoms with Gasteiger partial charge in [0.2, 0.25) is 0 Å². The van der Waals surface area contributed by atoms with E-state index in [0.717, 1.165) is 37.7 Å². The lowest BCUT2D eigenvalue weighted by Crippen LogP contribution is -2.58. The quantitative estimate of drug-likeness (QED) is 0.323. The van der Waals surface area contributed by atoms with Crippen LogP contribution in [0.15, 0.2) is 47.1 Å². The van der Waals surface area contributed by atoms with Crippen molar-refractivity contribution < 1.29 is 39.1 Å². The predicted octanol–water partition coefficient (Wildman–Crippen LogP) is 4.68. The molecule has 0 amide bonds. The lowest BCUT2D eigenvalue weighted by molar-refractivity contribution is -0.335. The monoisotopic (exact) mass is 586 g/mol. The molecule has 0 aromatic rings. The Hall–Kier alpha value is -1.81. The Balaban J connectivity index is 1.51. The Labute approximate surface area is 250 Å². The second-order valence-electron chi connectivity index (χ2n) is 13.4. The van der Waals surface area contributed by atoms with Gasteiger partial charge in [0.1, 0.15) is 29.8 Å². The molecular formula is C34H50O8. The summed E-state index contributed by atoms with van der Waals surface area (Å²) in [6.07, 6.45) is 12.0. The summed E-state index contributed by atoms with van der Waals surface area (Å²) < 4.78 is 25.6. The smallest absolute Gasteiger partial charge is 0.316 e. The van der Waals surface area contributed by atoms with Crippen LogP contribution < -0.4 is 0 Å². The second kappa shape index (κ2) is 12.7. The zero-order chi connectivity index (χ0) is 30.2. The average molecular weight is 587 g/mol. The lowest BCUT2D eigenvalue weighted by atomic mass is 9.71. The van der Waals surface area contributed by atoms with E-state index in [1.165, 1.54) is 0 Å². The summed E-state index contributed by atoms with van der Waals surface area (Å²) >= 11 is 0. The summed E-state index contributed by atoms with van der Waals surface area (Å²) in [5.41, 5.74) is 0.167. The van der Waals surface area contributed by atoms with Crippen molar-refractivity contribution in [1.29, 1.82) is 0 Å². The zero-order valence-corrected chi connectivity index (χ0v) is 25.8. The van der Waals surface area contributed by atoms with Crippen molar-refractivity contribution >= 4 is 5.97 Å². The van der Waals surface area contributed by atoms with E-state index in [0.29, 0.717) is 36.3 Å². The Morgan fingerprint density at radius 3 is 2.62 bits per heavy atom. The first-order valence-corrected chi connectivity index (χ1v) is 16.0. The van der Waals surface area contributed by atoms with Crippen molar-refractivity contribution in [2.75, 3.05) is 6.61 Å². The summed E-state index contributed by atoms with van der Waals surface area (Å²) in [7, 11) is 0. The highest BCUT2D eigenvalue weighted by Crippen LogP contribution is 2.47. The molecule has 8 heteroatoms. The van der Waals surface area contributed by atoms with Gasteiger partial charge < -0.3 is 34.3 Å². The highest BCUT2D eigenvalue weighted by atomic mass is 16.7. The molecule has 0 unspecified atom stereocenters. The van der Waals surface area contributed by atoms with Crippen LogP contribution >= 0.6 is 0 Å². The number of allylic oxidation sites excluding steroid dienone is 2. The normalized spacial score (nSPS) is 47.9. The van der Waals surface area contributed by atoms with Crippen molar-refractivity contribution in [3.8, 4) is 0 Å². The predicted molar refractivity (Wildman–Crippen MR) is 158 cm³/mol. The van der Waals surface area contributed by atoms with Gasteiger partial charge in [0.05, 0.1) is 24.9 Å². The van der Waals surface area contributed by atoms with Crippen molar-refractivity contribution in [3.05, 3.63) is 47.1 Å². The van der Waals surface area contributed by atoms with Crippen molar-refractivity contribution in [2.45, 2.75) is 134 Å². The minimum Gasteiger partial charge on any atom is -0.462 e. The zero-order valence-electron chi connectivity index (χ0n) is 25.8. The number of carbonyl (C=O) groups is 1. The number of aliphatic hydroxyl groups excluding tert-OH is 2. The summed E-state index contributed by atoms with van der Waals surface area (Å²) in [5, 5.41) is 34.0. The Kier molecular flexibility index (Phi) is 9.53. The van der Waals surface area contributed by atoms with Gasteiger partial charge in [-0.2, -0.15) is 0 Å². The second-order valence-corrected chi connectivity index (χ2v) is 13.4. The molecule has 0 aromatic carbocycles. The van der Waals surface area contributed by atoms with E-state index in [9.17, 15) is 20.1 Å². The highest BCUT2D eigenvalue weighted by Gasteiger charge is 2.60. The molecule has 1 aliphatic carbocycles. The summed E-state index contributed by atoms with van der Waals surface area (Å²) in [6.45, 7) is 10.1. The number of esters is 1. The first kappa shape index (κ1) is 31.6. The van der Waals surface area contributed by atoms with Crippen LogP contribution in [0.2, 0.25) is 0 Å². The van der Waals surface area contributed by atoms with Crippen LogP contribution in [0.3, 0.4) is 0 Å². The number of hydrogen-bond donors (Lipinski definition) is 3. The Morgan fingerprint density at radius 2 is 1.86 bits per heavy atom. The standard InChI is InChI=1S/C34H50O8/c1-6-7-11-28-20(2)14-15-33(42-28)18-26-17-25(41-33)13-12-22(4)29(35)21(3)9-8-10-24-19-39-31-30(36)23(5)16-27(32(37)40-26)34(24,31)38/h8-10,12,16,20-21,25-31,35-36,38H,6-7,11,13-15,17-19H2,1-5H3/b9-8+,22-12+,24-10+/t20-,21-,25+,26-,27-,28+,29+,30+,31+,33+,34+/m0/s1. The fraction of sp³-hybridized carbons (Fsp3) is 0.735. The molecule has 42 heavy (non-hydrogen) atoms. The van der Waals surface area contributed by atoms with Crippen LogP contribution in [-0.2, 0) is 23.7 Å². The molecule has 8 nitrogen and oxygen atoms in total. The van der Waals surface area contributed by atoms with Crippen LogP contribution in [-0.4, -0.2) is 75.9 Å². The molecule has 3 fully saturated rings. The van der Waals surface area contributed by atoms with E-state index < -0.39 is 47.7 Å². The topological polar surface area (TPSA) is 115 Å². The van der Waals surface area contributed by atoms with Crippen molar-refractivity contribution in [1.82, 2.24) is 0 Å². The fourth-order valence-corrected chi connectivity index (χ4v) is 7.44. The number of rotatable bonds is 3. The maximum absolute atomic E-state index is 14.0. The number of ether oxygens (including phenoxy) is 4. The van der Waals surface area contributed by atoms with Gasteiger partial charge in [-0.25, -0.2) is 0 Å². The molecule has 2 bridgehead atoms. The number of unbranched alkanes of at least 4 members (excludes halogenated alkanes) is 1. The summed E-state index contributed by atoms with van der Waals surface area (Å²) in [4.78, 5) is 14.0. The van der Waals surface area contributed by atoms with E-state index in [1.807, 2.05) is 26.0 Å². The van der Waals surface area contributed by atoms with Gasteiger partial charge in [-0.3, -0.25) is 4.79 Å². The van der Waals surface area contributed by atoms with Gasteiger partial charge in [-0.05, 0) is 55.7 Å². The van der Waals surface area contributed by atoms with Crippen molar-refractivity contribution in [2.24, 2.45) is 17.8 Å². The molecule has 0 radical (unpaired) electrons. The summed E-state index contributed by atoms with van der Waals surface area (Å²) in [6, 6.07) is 0. The Morgan fingerprint density at radius 1 is 1.07 bits per heavy atom. The van der Waals surface area contributed by atoms with Crippen LogP contribution in [0.1, 0.15) is 86.0 Å². The first-order valence-electron chi connectivity index (χ1n) is 16.0. The van der Waals surface area contributed by atoms with Gasteiger partial charge in [-0.15, -0.1) is 0 Å². The number of hydrogen-bond acceptors (Lipinski definition) is 8. The minimum atomic E-state index is -1.75. The first-order chi connectivity index (χ1) is 20.0. The van der Waals surface area contributed by atoms with Crippen LogP contribution in [0.5, 0.6) is 0 Å². The van der Waals surface area contributed by atoms with Gasteiger partial charge in [-0.1, -0.05) is 64.0 Å². The van der Waals surface area contributed by atoms with Crippen LogP contribution in [0, 0.1) is 17.8 Å². The third kappa shape index (κ3) is 6.08. The number of fused-ring (bicyclic) bond motifs is 2. The van der Waals surface area contributed by atoms with E-state index in [-0.39, 0.29) is 24.7 Å².